The Morgan fingerprint density at radius 3 is 2.81 bits per heavy atom. The fraction of sp³-hybridized carbons (Fsp3) is 0.714. The quantitative estimate of drug-likeness (QED) is 0.838. The van der Waals surface area contributed by atoms with Crippen LogP contribution in [0.15, 0.2) is 12.4 Å². The molecule has 3 rings (SSSR count). The van der Waals surface area contributed by atoms with Crippen molar-refractivity contribution in [2.24, 2.45) is 5.41 Å². The van der Waals surface area contributed by atoms with Crippen molar-refractivity contribution in [3.8, 4) is 0 Å². The molecule has 1 aromatic rings. The summed E-state index contributed by atoms with van der Waals surface area (Å²) in [6.45, 7) is 1.13. The Kier molecular flexibility index (Phi) is 3.47. The SMILES string of the molecule is CC1(C)CN(C(=O)COC(F)F)C1c1nccn1C1CC1. The number of carbonyl (C=O) groups is 1. The smallest absolute Gasteiger partial charge is 0.330 e. The van der Waals surface area contributed by atoms with Gasteiger partial charge in [0.1, 0.15) is 12.4 Å². The number of hydrogen-bond donors (Lipinski definition) is 0. The molecule has 7 heteroatoms. The van der Waals surface area contributed by atoms with Crippen LogP contribution in [-0.4, -0.2) is 40.1 Å². The van der Waals surface area contributed by atoms with Gasteiger partial charge in [-0.15, -0.1) is 0 Å². The van der Waals surface area contributed by atoms with E-state index in [1.54, 1.807) is 11.1 Å². The van der Waals surface area contributed by atoms with Gasteiger partial charge in [0.15, 0.2) is 0 Å². The highest BCUT2D eigenvalue weighted by Crippen LogP contribution is 2.49. The van der Waals surface area contributed by atoms with E-state index in [1.807, 2.05) is 6.20 Å². The van der Waals surface area contributed by atoms with Gasteiger partial charge < -0.3 is 14.2 Å². The highest BCUT2D eigenvalue weighted by atomic mass is 19.3. The number of amides is 1. The number of likely N-dealkylation sites (tertiary alicyclic amines) is 1. The lowest BCUT2D eigenvalue weighted by molar-refractivity contribution is -0.175. The third kappa shape index (κ3) is 2.66. The number of aromatic nitrogens is 2. The number of imidazole rings is 1. The maximum absolute atomic E-state index is 12.1. The summed E-state index contributed by atoms with van der Waals surface area (Å²) in [6, 6.07) is 0.287. The van der Waals surface area contributed by atoms with Crippen LogP contribution >= 0.6 is 0 Å². The summed E-state index contributed by atoms with van der Waals surface area (Å²) in [5, 5.41) is 0. The average Bonchev–Trinajstić information content (AvgIpc) is 3.14. The van der Waals surface area contributed by atoms with Gasteiger partial charge >= 0.3 is 6.61 Å². The molecule has 2 heterocycles. The summed E-state index contributed by atoms with van der Waals surface area (Å²) in [5.74, 6) is 0.434. The number of hydrogen-bond acceptors (Lipinski definition) is 3. The van der Waals surface area contributed by atoms with Gasteiger partial charge in [-0.2, -0.15) is 8.78 Å². The summed E-state index contributed by atoms with van der Waals surface area (Å²) < 4.78 is 30.4. The van der Waals surface area contributed by atoms with Gasteiger partial charge in [-0.25, -0.2) is 4.98 Å². The number of alkyl halides is 2. The number of nitrogens with zero attached hydrogens (tertiary/aromatic N) is 3. The molecule has 1 amide bonds. The molecule has 1 atom stereocenters. The van der Waals surface area contributed by atoms with Gasteiger partial charge in [0.25, 0.3) is 0 Å². The first-order chi connectivity index (χ1) is 9.90. The van der Waals surface area contributed by atoms with E-state index in [2.05, 4.69) is 28.1 Å². The van der Waals surface area contributed by atoms with E-state index in [-0.39, 0.29) is 11.5 Å². The predicted molar refractivity (Wildman–Crippen MR) is 70.7 cm³/mol. The number of ether oxygens (including phenoxy) is 1. The van der Waals surface area contributed by atoms with Crippen LogP contribution in [0.25, 0.3) is 0 Å². The summed E-state index contributed by atoms with van der Waals surface area (Å²) in [6.07, 6.45) is 5.91. The first-order valence-corrected chi connectivity index (χ1v) is 7.12. The molecule has 0 spiro atoms. The molecule has 21 heavy (non-hydrogen) atoms. The third-order valence-corrected chi connectivity index (χ3v) is 4.17. The van der Waals surface area contributed by atoms with Crippen molar-refractivity contribution in [1.29, 1.82) is 0 Å². The van der Waals surface area contributed by atoms with E-state index in [0.29, 0.717) is 12.6 Å². The molecule has 2 aliphatic rings. The molecule has 2 fully saturated rings. The van der Waals surface area contributed by atoms with E-state index >= 15 is 0 Å². The minimum atomic E-state index is -2.92. The van der Waals surface area contributed by atoms with Crippen LogP contribution in [0, 0.1) is 5.41 Å². The molecule has 0 N–H and O–H groups in total. The van der Waals surface area contributed by atoms with E-state index in [9.17, 15) is 13.6 Å². The fourth-order valence-corrected chi connectivity index (χ4v) is 3.06. The maximum atomic E-state index is 12.1. The lowest BCUT2D eigenvalue weighted by Crippen LogP contribution is -2.59. The Labute approximate surface area is 121 Å². The zero-order chi connectivity index (χ0) is 15.2. The normalized spacial score (nSPS) is 24.2. The van der Waals surface area contributed by atoms with Gasteiger partial charge in [0.2, 0.25) is 5.91 Å². The van der Waals surface area contributed by atoms with Crippen LogP contribution in [0.4, 0.5) is 8.78 Å². The largest absolute Gasteiger partial charge is 0.345 e. The number of carbonyl (C=O) groups excluding carboxylic acids is 1. The molecule has 1 aliphatic heterocycles. The zero-order valence-corrected chi connectivity index (χ0v) is 12.1. The molecule has 5 nitrogen and oxygen atoms in total. The van der Waals surface area contributed by atoms with Crippen molar-refractivity contribution in [3.63, 3.8) is 0 Å². The zero-order valence-electron chi connectivity index (χ0n) is 12.1. The summed E-state index contributed by atoms with van der Waals surface area (Å²) in [5.41, 5.74) is -0.113. The van der Waals surface area contributed by atoms with Crippen LogP contribution in [0.5, 0.6) is 0 Å². The van der Waals surface area contributed by atoms with Crippen molar-refractivity contribution < 1.29 is 18.3 Å². The van der Waals surface area contributed by atoms with Crippen molar-refractivity contribution >= 4 is 5.91 Å². The van der Waals surface area contributed by atoms with Crippen LogP contribution in [0.1, 0.15) is 44.6 Å². The second-order valence-corrected chi connectivity index (χ2v) is 6.41. The Balaban J connectivity index is 1.77. The van der Waals surface area contributed by atoms with Gasteiger partial charge in [0, 0.05) is 30.4 Å². The van der Waals surface area contributed by atoms with Gasteiger partial charge in [0.05, 0.1) is 6.04 Å². The summed E-state index contributed by atoms with van der Waals surface area (Å²) in [7, 11) is 0. The maximum Gasteiger partial charge on any atom is 0.345 e. The molecule has 0 radical (unpaired) electrons. The monoisotopic (exact) mass is 299 g/mol. The Hall–Kier alpha value is -1.50. The van der Waals surface area contributed by atoms with Crippen molar-refractivity contribution in [2.75, 3.05) is 13.2 Å². The van der Waals surface area contributed by atoms with E-state index in [0.717, 1.165) is 18.7 Å². The van der Waals surface area contributed by atoms with E-state index in [1.165, 1.54) is 0 Å². The minimum Gasteiger partial charge on any atom is -0.330 e. The first kappa shape index (κ1) is 14.4. The van der Waals surface area contributed by atoms with Crippen molar-refractivity contribution in [2.45, 2.75) is 45.4 Å². The molecule has 1 unspecified atom stereocenters. The van der Waals surface area contributed by atoms with Gasteiger partial charge in [-0.05, 0) is 12.8 Å². The van der Waals surface area contributed by atoms with Crippen molar-refractivity contribution in [1.82, 2.24) is 14.5 Å². The Bertz CT molecular complexity index is 540. The molecule has 1 saturated carbocycles. The second-order valence-electron chi connectivity index (χ2n) is 6.41. The summed E-state index contributed by atoms with van der Waals surface area (Å²) in [4.78, 5) is 18.0. The third-order valence-electron chi connectivity index (χ3n) is 4.17. The fourth-order valence-electron chi connectivity index (χ4n) is 3.06. The van der Waals surface area contributed by atoms with Crippen LogP contribution in [0.2, 0.25) is 0 Å². The molecule has 0 aromatic carbocycles. The lowest BCUT2D eigenvalue weighted by atomic mass is 9.74. The van der Waals surface area contributed by atoms with E-state index < -0.39 is 19.1 Å². The number of rotatable bonds is 5. The Morgan fingerprint density at radius 2 is 2.24 bits per heavy atom. The van der Waals surface area contributed by atoms with Crippen LogP contribution in [-0.2, 0) is 9.53 Å². The molecule has 1 saturated heterocycles. The highest BCUT2D eigenvalue weighted by molar-refractivity contribution is 5.79. The predicted octanol–water partition coefficient (Wildman–Crippen LogP) is 2.37. The molecule has 0 bridgehead atoms. The first-order valence-electron chi connectivity index (χ1n) is 7.12. The molecule has 116 valence electrons. The van der Waals surface area contributed by atoms with Crippen LogP contribution in [0.3, 0.4) is 0 Å². The number of halogens is 2. The standard InChI is InChI=1S/C14H19F2N3O2/c1-14(2)8-19(10(20)7-21-13(15)16)11(14)12-17-5-6-18(12)9-3-4-9/h5-6,9,11,13H,3-4,7-8H2,1-2H3. The van der Waals surface area contributed by atoms with Gasteiger partial charge in [-0.3, -0.25) is 4.79 Å². The molecule has 1 aliphatic carbocycles. The highest BCUT2D eigenvalue weighted by Gasteiger charge is 2.51. The van der Waals surface area contributed by atoms with Crippen molar-refractivity contribution in [3.05, 3.63) is 18.2 Å². The van der Waals surface area contributed by atoms with Gasteiger partial charge in [-0.1, -0.05) is 13.8 Å². The second kappa shape index (κ2) is 5.05. The molecule has 1 aromatic heterocycles. The summed E-state index contributed by atoms with van der Waals surface area (Å²) >= 11 is 0. The average molecular weight is 299 g/mol. The minimum absolute atomic E-state index is 0.113. The van der Waals surface area contributed by atoms with Crippen LogP contribution < -0.4 is 0 Å². The lowest BCUT2D eigenvalue weighted by Gasteiger charge is -2.53. The van der Waals surface area contributed by atoms with E-state index in [4.69, 9.17) is 0 Å². The molecular weight excluding hydrogens is 280 g/mol. The molecular formula is C14H19F2N3O2. The Morgan fingerprint density at radius 1 is 1.52 bits per heavy atom. The topological polar surface area (TPSA) is 47.4 Å².